The van der Waals surface area contributed by atoms with Crippen molar-refractivity contribution in [2.45, 2.75) is 39.4 Å². The first kappa shape index (κ1) is 14.7. The van der Waals surface area contributed by atoms with Crippen molar-refractivity contribution in [3.8, 4) is 0 Å². The van der Waals surface area contributed by atoms with Crippen LogP contribution in [0, 0.1) is 12.8 Å². The van der Waals surface area contributed by atoms with E-state index in [9.17, 15) is 9.18 Å². The largest absolute Gasteiger partial charge is 0.352 e. The molecule has 6 nitrogen and oxygen atoms in total. The molecule has 2 aromatic heterocycles. The monoisotopic (exact) mass is 305 g/mol. The Kier molecular flexibility index (Phi) is 4.22. The SMILES string of the molecule is Cc1ncc2n1CC(C(=O)NCc1cnn(CCF)c1)CC2. The Morgan fingerprint density at radius 3 is 3.18 bits per heavy atom. The van der Waals surface area contributed by atoms with E-state index in [0.29, 0.717) is 13.1 Å². The van der Waals surface area contributed by atoms with E-state index in [1.165, 1.54) is 5.69 Å². The van der Waals surface area contributed by atoms with E-state index >= 15 is 0 Å². The number of imidazole rings is 1. The normalized spacial score (nSPS) is 17.3. The number of carbonyl (C=O) groups is 1. The van der Waals surface area contributed by atoms with Gasteiger partial charge < -0.3 is 9.88 Å². The molecule has 3 rings (SSSR count). The summed E-state index contributed by atoms with van der Waals surface area (Å²) in [7, 11) is 0. The number of alkyl halides is 1. The Balaban J connectivity index is 1.55. The molecule has 3 heterocycles. The number of rotatable bonds is 5. The van der Waals surface area contributed by atoms with Crippen LogP contribution >= 0.6 is 0 Å². The van der Waals surface area contributed by atoms with Crippen LogP contribution in [-0.4, -0.2) is 31.9 Å². The zero-order valence-corrected chi connectivity index (χ0v) is 12.6. The third kappa shape index (κ3) is 3.03. The van der Waals surface area contributed by atoms with Crippen LogP contribution in [0.2, 0.25) is 0 Å². The number of hydrogen-bond donors (Lipinski definition) is 1. The van der Waals surface area contributed by atoms with Gasteiger partial charge in [-0.25, -0.2) is 9.37 Å². The Labute approximate surface area is 128 Å². The van der Waals surface area contributed by atoms with Crippen molar-refractivity contribution in [2.24, 2.45) is 5.92 Å². The number of carbonyl (C=O) groups excluding carboxylic acids is 1. The minimum absolute atomic E-state index is 0.0266. The maximum atomic E-state index is 12.3. The maximum Gasteiger partial charge on any atom is 0.225 e. The quantitative estimate of drug-likeness (QED) is 0.904. The number of nitrogens with zero attached hydrogens (tertiary/aromatic N) is 4. The molecule has 0 fully saturated rings. The van der Waals surface area contributed by atoms with Gasteiger partial charge in [0.25, 0.3) is 0 Å². The minimum atomic E-state index is -0.442. The highest BCUT2D eigenvalue weighted by atomic mass is 19.1. The Morgan fingerprint density at radius 1 is 1.50 bits per heavy atom. The van der Waals surface area contributed by atoms with Crippen LogP contribution in [-0.2, 0) is 30.8 Å². The van der Waals surface area contributed by atoms with Gasteiger partial charge >= 0.3 is 0 Å². The van der Waals surface area contributed by atoms with E-state index in [2.05, 4.69) is 20.0 Å². The van der Waals surface area contributed by atoms with Gasteiger partial charge in [-0.15, -0.1) is 0 Å². The molecule has 1 amide bonds. The lowest BCUT2D eigenvalue weighted by molar-refractivity contribution is -0.126. The van der Waals surface area contributed by atoms with Gasteiger partial charge in [-0.3, -0.25) is 9.48 Å². The van der Waals surface area contributed by atoms with E-state index < -0.39 is 6.67 Å². The van der Waals surface area contributed by atoms with Crippen molar-refractivity contribution in [3.63, 3.8) is 0 Å². The third-order valence-corrected chi connectivity index (χ3v) is 4.13. The second-order valence-electron chi connectivity index (χ2n) is 5.66. The molecule has 22 heavy (non-hydrogen) atoms. The predicted octanol–water partition coefficient (Wildman–Crippen LogP) is 1.24. The minimum Gasteiger partial charge on any atom is -0.352 e. The van der Waals surface area contributed by atoms with Crippen LogP contribution in [0.4, 0.5) is 4.39 Å². The van der Waals surface area contributed by atoms with Crippen molar-refractivity contribution < 1.29 is 9.18 Å². The molecule has 0 aromatic carbocycles. The van der Waals surface area contributed by atoms with E-state index in [1.807, 2.05) is 13.1 Å². The second-order valence-corrected chi connectivity index (χ2v) is 5.66. The number of amides is 1. The molecule has 1 aliphatic rings. The third-order valence-electron chi connectivity index (χ3n) is 4.13. The van der Waals surface area contributed by atoms with E-state index in [4.69, 9.17) is 0 Å². The molecule has 0 saturated heterocycles. The number of halogens is 1. The number of nitrogens with one attached hydrogen (secondary N) is 1. The van der Waals surface area contributed by atoms with E-state index in [1.54, 1.807) is 17.1 Å². The van der Waals surface area contributed by atoms with Crippen LogP contribution in [0.1, 0.15) is 23.5 Å². The summed E-state index contributed by atoms with van der Waals surface area (Å²) in [6.45, 7) is 2.88. The summed E-state index contributed by atoms with van der Waals surface area (Å²) >= 11 is 0. The lowest BCUT2D eigenvalue weighted by Crippen LogP contribution is -2.35. The summed E-state index contributed by atoms with van der Waals surface area (Å²) in [5, 5.41) is 6.99. The summed E-state index contributed by atoms with van der Waals surface area (Å²) in [5.74, 6) is 0.985. The topological polar surface area (TPSA) is 64.7 Å². The van der Waals surface area contributed by atoms with Crippen LogP contribution < -0.4 is 5.32 Å². The molecule has 2 aromatic rings. The lowest BCUT2D eigenvalue weighted by Gasteiger charge is -2.24. The van der Waals surface area contributed by atoms with E-state index in [0.717, 1.165) is 24.2 Å². The number of aryl methyl sites for hydroxylation is 3. The molecule has 0 spiro atoms. The van der Waals surface area contributed by atoms with Crippen LogP contribution in [0.15, 0.2) is 18.6 Å². The zero-order valence-electron chi connectivity index (χ0n) is 12.6. The molecule has 1 N–H and O–H groups in total. The molecule has 0 bridgehead atoms. The van der Waals surface area contributed by atoms with Gasteiger partial charge in [0.15, 0.2) is 0 Å². The fourth-order valence-corrected chi connectivity index (χ4v) is 2.85. The molecule has 1 unspecified atom stereocenters. The van der Waals surface area contributed by atoms with Gasteiger partial charge in [0, 0.05) is 36.7 Å². The fourth-order valence-electron chi connectivity index (χ4n) is 2.85. The van der Waals surface area contributed by atoms with Gasteiger partial charge in [-0.05, 0) is 19.8 Å². The summed E-state index contributed by atoms with van der Waals surface area (Å²) in [5.41, 5.74) is 2.09. The molecule has 118 valence electrons. The molecular weight excluding hydrogens is 285 g/mol. The summed E-state index contributed by atoms with van der Waals surface area (Å²) in [6, 6.07) is 0. The Bertz CT molecular complexity index is 663. The van der Waals surface area contributed by atoms with Crippen molar-refractivity contribution in [1.82, 2.24) is 24.6 Å². The molecular formula is C15H20FN5O. The highest BCUT2D eigenvalue weighted by molar-refractivity contribution is 5.78. The zero-order chi connectivity index (χ0) is 15.5. The number of aromatic nitrogens is 4. The smallest absolute Gasteiger partial charge is 0.225 e. The van der Waals surface area contributed by atoms with Gasteiger partial charge in [-0.2, -0.15) is 5.10 Å². The van der Waals surface area contributed by atoms with E-state index in [-0.39, 0.29) is 18.4 Å². The standard InChI is InChI=1S/C15H20FN5O/c1-11-17-8-14-3-2-13(10-21(11)14)15(22)18-6-12-7-19-20(9-12)5-4-16/h7-9,13H,2-6,10H2,1H3,(H,18,22). The average molecular weight is 305 g/mol. The first-order valence-electron chi connectivity index (χ1n) is 7.53. The first-order chi connectivity index (χ1) is 10.7. The predicted molar refractivity (Wildman–Crippen MR) is 78.8 cm³/mol. The van der Waals surface area contributed by atoms with Crippen LogP contribution in [0.5, 0.6) is 0 Å². The van der Waals surface area contributed by atoms with Gasteiger partial charge in [-0.1, -0.05) is 0 Å². The summed E-state index contributed by atoms with van der Waals surface area (Å²) in [4.78, 5) is 16.6. The van der Waals surface area contributed by atoms with Crippen LogP contribution in [0.3, 0.4) is 0 Å². The van der Waals surface area contributed by atoms with Crippen molar-refractivity contribution in [2.75, 3.05) is 6.67 Å². The maximum absolute atomic E-state index is 12.3. The van der Waals surface area contributed by atoms with Crippen molar-refractivity contribution in [1.29, 1.82) is 0 Å². The lowest BCUT2D eigenvalue weighted by atomic mass is 9.97. The molecule has 0 radical (unpaired) electrons. The average Bonchev–Trinajstić information content (AvgIpc) is 3.12. The van der Waals surface area contributed by atoms with Crippen LogP contribution in [0.25, 0.3) is 0 Å². The molecule has 1 aliphatic heterocycles. The number of fused-ring (bicyclic) bond motifs is 1. The molecule has 7 heteroatoms. The van der Waals surface area contributed by atoms with Gasteiger partial charge in [0.05, 0.1) is 18.7 Å². The molecule has 1 atom stereocenters. The summed E-state index contributed by atoms with van der Waals surface area (Å²) in [6.07, 6.45) is 7.04. The van der Waals surface area contributed by atoms with Crippen molar-refractivity contribution in [3.05, 3.63) is 35.7 Å². The van der Waals surface area contributed by atoms with Crippen molar-refractivity contribution >= 4 is 5.91 Å². The van der Waals surface area contributed by atoms with Gasteiger partial charge in [0.1, 0.15) is 12.5 Å². The Hall–Kier alpha value is -2.18. The molecule has 0 aliphatic carbocycles. The highest BCUT2D eigenvalue weighted by Crippen LogP contribution is 2.21. The second kappa shape index (κ2) is 6.29. The highest BCUT2D eigenvalue weighted by Gasteiger charge is 2.25. The van der Waals surface area contributed by atoms with Gasteiger partial charge in [0.2, 0.25) is 5.91 Å². The number of hydrogen-bond acceptors (Lipinski definition) is 3. The first-order valence-corrected chi connectivity index (χ1v) is 7.53. The Morgan fingerprint density at radius 2 is 2.36 bits per heavy atom. The fraction of sp³-hybridized carbons (Fsp3) is 0.533. The molecule has 0 saturated carbocycles. The summed E-state index contributed by atoms with van der Waals surface area (Å²) < 4.78 is 15.9.